The minimum Gasteiger partial charge on any atom is -0.468 e. The van der Waals surface area contributed by atoms with Crippen molar-refractivity contribution in [3.8, 4) is 0 Å². The van der Waals surface area contributed by atoms with E-state index in [4.69, 9.17) is 9.72 Å². The van der Waals surface area contributed by atoms with Gasteiger partial charge in [0, 0.05) is 25.4 Å². The van der Waals surface area contributed by atoms with Gasteiger partial charge in [-0.1, -0.05) is 42.5 Å². The number of hydrogen-bond donors (Lipinski definition) is 0. The molecule has 1 unspecified atom stereocenters. The van der Waals surface area contributed by atoms with Gasteiger partial charge in [0.15, 0.2) is 0 Å². The van der Waals surface area contributed by atoms with Crippen LogP contribution in [0, 0.1) is 0 Å². The molecule has 1 amide bonds. The molecule has 0 radical (unpaired) electrons. The van der Waals surface area contributed by atoms with Crippen LogP contribution in [0.25, 0.3) is 11.0 Å². The molecule has 6 nitrogen and oxygen atoms in total. The average Bonchev–Trinajstić information content (AvgIpc) is 3.27. The molecule has 144 valence electrons. The Bertz CT molecular complexity index is 997. The lowest BCUT2D eigenvalue weighted by atomic mass is 10.1. The van der Waals surface area contributed by atoms with Crippen LogP contribution in [0.2, 0.25) is 0 Å². The van der Waals surface area contributed by atoms with Crippen LogP contribution in [-0.2, 0) is 27.3 Å². The number of nitrogens with zero attached hydrogens (tertiary/aromatic N) is 3. The molecule has 2 heterocycles. The number of rotatable bonds is 6. The number of benzene rings is 2. The Morgan fingerprint density at radius 2 is 1.89 bits per heavy atom. The van der Waals surface area contributed by atoms with Crippen molar-refractivity contribution in [3.63, 3.8) is 0 Å². The summed E-state index contributed by atoms with van der Waals surface area (Å²) < 4.78 is 6.74. The first kappa shape index (κ1) is 18.2. The number of fused-ring (bicyclic) bond motifs is 1. The summed E-state index contributed by atoms with van der Waals surface area (Å²) in [5.74, 6) is 0.565. The molecule has 0 spiro atoms. The fourth-order valence-electron chi connectivity index (χ4n) is 3.84. The maximum atomic E-state index is 12.6. The molecule has 4 rings (SSSR count). The monoisotopic (exact) mass is 377 g/mol. The van der Waals surface area contributed by atoms with Gasteiger partial charge < -0.3 is 14.2 Å². The van der Waals surface area contributed by atoms with E-state index in [1.54, 1.807) is 0 Å². The summed E-state index contributed by atoms with van der Waals surface area (Å²) >= 11 is 0. The van der Waals surface area contributed by atoms with Gasteiger partial charge in [0.2, 0.25) is 5.91 Å². The molecule has 1 fully saturated rings. The summed E-state index contributed by atoms with van der Waals surface area (Å²) in [5.41, 5.74) is 2.94. The molecule has 0 N–H and O–H groups in total. The lowest BCUT2D eigenvalue weighted by molar-refractivity contribution is -0.141. The molecule has 1 saturated heterocycles. The molecule has 1 aliphatic heterocycles. The van der Waals surface area contributed by atoms with Crippen LogP contribution in [-0.4, -0.2) is 46.5 Å². The lowest BCUT2D eigenvalue weighted by Gasteiger charge is -2.17. The Morgan fingerprint density at radius 1 is 1.14 bits per heavy atom. The molecule has 1 aliphatic rings. The third-order valence-corrected chi connectivity index (χ3v) is 5.29. The third kappa shape index (κ3) is 3.63. The number of esters is 1. The van der Waals surface area contributed by atoms with E-state index < -0.39 is 0 Å². The number of ether oxygens (including phenoxy) is 1. The zero-order chi connectivity index (χ0) is 19.5. The van der Waals surface area contributed by atoms with Crippen molar-refractivity contribution >= 4 is 22.9 Å². The number of carbonyl (C=O) groups excluding carboxylic acids is 2. The zero-order valence-corrected chi connectivity index (χ0v) is 15.9. The Labute approximate surface area is 163 Å². The van der Waals surface area contributed by atoms with Crippen molar-refractivity contribution in [2.24, 2.45) is 0 Å². The summed E-state index contributed by atoms with van der Waals surface area (Å²) in [7, 11) is 1.38. The van der Waals surface area contributed by atoms with Gasteiger partial charge >= 0.3 is 5.97 Å². The molecular formula is C22H23N3O3. The highest BCUT2D eigenvalue weighted by molar-refractivity contribution is 5.82. The summed E-state index contributed by atoms with van der Waals surface area (Å²) in [6.07, 6.45) is 1.25. The maximum Gasteiger partial charge on any atom is 0.325 e. The van der Waals surface area contributed by atoms with Gasteiger partial charge in [0.25, 0.3) is 0 Å². The van der Waals surface area contributed by atoms with Crippen LogP contribution in [0.5, 0.6) is 0 Å². The number of carbonyl (C=O) groups is 2. The minimum atomic E-state index is -0.324. The van der Waals surface area contributed by atoms with Crippen LogP contribution in [0.3, 0.4) is 0 Å². The normalized spacial score (nSPS) is 16.7. The summed E-state index contributed by atoms with van der Waals surface area (Å²) in [6.45, 7) is 1.41. The largest absolute Gasteiger partial charge is 0.468 e. The van der Waals surface area contributed by atoms with Crippen molar-refractivity contribution in [1.29, 1.82) is 0 Å². The standard InChI is InChI=1S/C22H23N3O3/c1-28-21(27)15-25-19-10-6-5-9-18(19)23-22(25)17-13-20(26)24(14-17)12-11-16-7-3-2-4-8-16/h2-10,17H,11-15H2,1H3. The first-order valence-corrected chi connectivity index (χ1v) is 9.49. The van der Waals surface area contributed by atoms with Crippen molar-refractivity contribution in [1.82, 2.24) is 14.5 Å². The second kappa shape index (κ2) is 7.84. The molecule has 0 aliphatic carbocycles. The Morgan fingerprint density at radius 3 is 2.68 bits per heavy atom. The first-order valence-electron chi connectivity index (χ1n) is 9.49. The molecule has 1 atom stereocenters. The van der Waals surface area contributed by atoms with E-state index in [-0.39, 0.29) is 24.3 Å². The minimum absolute atomic E-state index is 0.0275. The molecule has 28 heavy (non-hydrogen) atoms. The average molecular weight is 377 g/mol. The van der Waals surface area contributed by atoms with Gasteiger partial charge in [-0.15, -0.1) is 0 Å². The van der Waals surface area contributed by atoms with Gasteiger partial charge in [-0.3, -0.25) is 9.59 Å². The first-order chi connectivity index (χ1) is 13.7. The second-order valence-electron chi connectivity index (χ2n) is 7.10. The number of hydrogen-bond acceptors (Lipinski definition) is 4. The number of amides is 1. The van der Waals surface area contributed by atoms with E-state index in [1.165, 1.54) is 12.7 Å². The quantitative estimate of drug-likeness (QED) is 0.620. The lowest BCUT2D eigenvalue weighted by Crippen LogP contribution is -2.27. The highest BCUT2D eigenvalue weighted by Crippen LogP contribution is 2.30. The van der Waals surface area contributed by atoms with Gasteiger partial charge in [-0.05, 0) is 24.1 Å². The fraction of sp³-hybridized carbons (Fsp3) is 0.318. The van der Waals surface area contributed by atoms with Crippen molar-refractivity contribution in [3.05, 3.63) is 66.0 Å². The number of aromatic nitrogens is 2. The van der Waals surface area contributed by atoms with E-state index in [9.17, 15) is 9.59 Å². The molecule has 1 aromatic heterocycles. The molecular weight excluding hydrogens is 354 g/mol. The van der Waals surface area contributed by atoms with Gasteiger partial charge in [-0.25, -0.2) is 4.98 Å². The third-order valence-electron chi connectivity index (χ3n) is 5.29. The number of imidazole rings is 1. The SMILES string of the molecule is COC(=O)Cn1c(C2CC(=O)N(CCc3ccccc3)C2)nc2ccccc21. The Hall–Kier alpha value is -3.15. The van der Waals surface area contributed by atoms with Crippen molar-refractivity contribution in [2.75, 3.05) is 20.2 Å². The van der Waals surface area contributed by atoms with Crippen LogP contribution in [0.15, 0.2) is 54.6 Å². The van der Waals surface area contributed by atoms with Crippen LogP contribution >= 0.6 is 0 Å². The van der Waals surface area contributed by atoms with E-state index in [0.29, 0.717) is 19.5 Å². The molecule has 2 aromatic carbocycles. The maximum absolute atomic E-state index is 12.6. The molecule has 3 aromatic rings. The highest BCUT2D eigenvalue weighted by atomic mass is 16.5. The van der Waals surface area contributed by atoms with Crippen molar-refractivity contribution < 1.29 is 14.3 Å². The Kier molecular flexibility index (Phi) is 5.10. The predicted octanol–water partition coefficient (Wildman–Crippen LogP) is 2.77. The topological polar surface area (TPSA) is 64.4 Å². The predicted molar refractivity (Wildman–Crippen MR) is 106 cm³/mol. The smallest absolute Gasteiger partial charge is 0.325 e. The van der Waals surface area contributed by atoms with E-state index in [2.05, 4.69) is 12.1 Å². The zero-order valence-electron chi connectivity index (χ0n) is 15.9. The van der Waals surface area contributed by atoms with Gasteiger partial charge in [0.1, 0.15) is 12.4 Å². The second-order valence-corrected chi connectivity index (χ2v) is 7.10. The fourth-order valence-corrected chi connectivity index (χ4v) is 3.84. The number of para-hydroxylation sites is 2. The van der Waals surface area contributed by atoms with Gasteiger partial charge in [-0.2, -0.15) is 0 Å². The van der Waals surface area contributed by atoms with E-state index in [1.807, 2.05) is 51.9 Å². The number of likely N-dealkylation sites (tertiary alicyclic amines) is 1. The van der Waals surface area contributed by atoms with E-state index >= 15 is 0 Å². The number of methoxy groups -OCH3 is 1. The summed E-state index contributed by atoms with van der Waals surface area (Å²) in [4.78, 5) is 31.2. The summed E-state index contributed by atoms with van der Waals surface area (Å²) in [5, 5.41) is 0. The molecule has 6 heteroatoms. The van der Waals surface area contributed by atoms with Crippen LogP contribution in [0.1, 0.15) is 23.7 Å². The summed E-state index contributed by atoms with van der Waals surface area (Å²) in [6, 6.07) is 17.9. The molecule has 0 bridgehead atoms. The Balaban J connectivity index is 1.55. The van der Waals surface area contributed by atoms with Gasteiger partial charge in [0.05, 0.1) is 18.1 Å². The van der Waals surface area contributed by atoms with Crippen LogP contribution in [0.4, 0.5) is 0 Å². The highest BCUT2D eigenvalue weighted by Gasteiger charge is 2.34. The van der Waals surface area contributed by atoms with Crippen LogP contribution < -0.4 is 0 Å². The van der Waals surface area contributed by atoms with E-state index in [0.717, 1.165) is 23.3 Å². The van der Waals surface area contributed by atoms with Crippen molar-refractivity contribution in [2.45, 2.75) is 25.3 Å². The molecule has 0 saturated carbocycles.